The molecule has 0 radical (unpaired) electrons. The van der Waals surface area contributed by atoms with Crippen molar-refractivity contribution in [3.8, 4) is 34.5 Å². The molecule has 166 valence electrons. The van der Waals surface area contributed by atoms with Crippen molar-refractivity contribution >= 4 is 5.65 Å². The predicted molar refractivity (Wildman–Crippen MR) is 129 cm³/mol. The van der Waals surface area contributed by atoms with Crippen LogP contribution in [0.1, 0.15) is 24.0 Å². The van der Waals surface area contributed by atoms with E-state index in [2.05, 4.69) is 54.2 Å². The van der Waals surface area contributed by atoms with E-state index in [0.29, 0.717) is 24.1 Å². The molecule has 0 unspecified atom stereocenters. The number of benzene rings is 2. The second-order valence-corrected chi connectivity index (χ2v) is 8.88. The monoisotopic (exact) mass is 437 g/mol. The Balaban J connectivity index is 1.61. The number of nitrogens with zero attached hydrogens (tertiary/aromatic N) is 5. The normalized spacial score (nSPS) is 16.6. The molecule has 2 aromatic carbocycles. The number of hydrogen-bond donors (Lipinski definition) is 0. The molecule has 0 amide bonds. The van der Waals surface area contributed by atoms with Crippen molar-refractivity contribution in [3.05, 3.63) is 72.1 Å². The summed E-state index contributed by atoms with van der Waals surface area (Å²) in [4.78, 5) is 12.1. The van der Waals surface area contributed by atoms with Crippen LogP contribution in [0.5, 0.6) is 6.01 Å². The van der Waals surface area contributed by atoms with Crippen molar-refractivity contribution in [1.82, 2.24) is 19.3 Å². The largest absolute Gasteiger partial charge is 0.464 e. The highest BCUT2D eigenvalue weighted by Gasteiger charge is 2.22. The minimum absolute atomic E-state index is 0.485. The van der Waals surface area contributed by atoms with Gasteiger partial charge in [-0.05, 0) is 51.1 Å². The van der Waals surface area contributed by atoms with Crippen molar-refractivity contribution in [2.24, 2.45) is 5.92 Å². The third-order valence-corrected chi connectivity index (χ3v) is 6.31. The molecule has 0 N–H and O–H groups in total. The van der Waals surface area contributed by atoms with Crippen molar-refractivity contribution < 1.29 is 4.74 Å². The Bertz CT molecular complexity index is 1300. The van der Waals surface area contributed by atoms with Gasteiger partial charge in [-0.25, -0.2) is 4.98 Å². The van der Waals surface area contributed by atoms with E-state index in [1.54, 1.807) is 6.20 Å². The number of nitriles is 1. The Morgan fingerprint density at radius 3 is 2.58 bits per heavy atom. The van der Waals surface area contributed by atoms with E-state index in [-0.39, 0.29) is 0 Å². The number of fused-ring (bicyclic) bond motifs is 1. The maximum Gasteiger partial charge on any atom is 0.302 e. The number of aryl methyl sites for hydroxylation is 1. The third-order valence-electron chi connectivity index (χ3n) is 6.31. The second-order valence-electron chi connectivity index (χ2n) is 8.88. The summed E-state index contributed by atoms with van der Waals surface area (Å²) >= 11 is 0. The van der Waals surface area contributed by atoms with Crippen LogP contribution in [0.4, 0.5) is 0 Å². The molecule has 0 bridgehead atoms. The number of ether oxygens (including phenoxy) is 1. The summed E-state index contributed by atoms with van der Waals surface area (Å²) in [6.45, 7) is 4.89. The van der Waals surface area contributed by atoms with E-state index >= 15 is 0 Å². The Labute approximate surface area is 194 Å². The van der Waals surface area contributed by atoms with Gasteiger partial charge in [0.1, 0.15) is 0 Å². The van der Waals surface area contributed by atoms with Gasteiger partial charge >= 0.3 is 6.01 Å². The number of aromatic nitrogens is 3. The second kappa shape index (κ2) is 9.05. The average Bonchev–Trinajstić information content (AvgIpc) is 3.33. The average molecular weight is 438 g/mol. The summed E-state index contributed by atoms with van der Waals surface area (Å²) in [5, 5.41) is 9.23. The lowest BCUT2D eigenvalue weighted by Gasteiger charge is -2.29. The van der Waals surface area contributed by atoms with Crippen LogP contribution in [0.15, 0.2) is 60.9 Å². The summed E-state index contributed by atoms with van der Waals surface area (Å²) < 4.78 is 8.25. The van der Waals surface area contributed by atoms with Gasteiger partial charge in [-0.2, -0.15) is 10.2 Å². The van der Waals surface area contributed by atoms with Crippen LogP contribution in [0.25, 0.3) is 28.0 Å². The highest BCUT2D eigenvalue weighted by Crippen LogP contribution is 2.36. The Morgan fingerprint density at radius 2 is 1.85 bits per heavy atom. The fraction of sp³-hybridized carbons (Fsp3) is 0.296. The summed E-state index contributed by atoms with van der Waals surface area (Å²) in [6, 6.07) is 18.7. The minimum atomic E-state index is 0.485. The van der Waals surface area contributed by atoms with Gasteiger partial charge in [-0.15, -0.1) is 0 Å². The van der Waals surface area contributed by atoms with E-state index < -0.39 is 0 Å². The molecule has 4 aromatic rings. The third kappa shape index (κ3) is 4.33. The maximum atomic E-state index is 9.23. The van der Waals surface area contributed by atoms with E-state index in [0.717, 1.165) is 41.1 Å². The molecule has 6 nitrogen and oxygen atoms in total. The fourth-order valence-electron chi connectivity index (χ4n) is 4.56. The molecule has 1 fully saturated rings. The zero-order valence-electron chi connectivity index (χ0n) is 19.0. The molecule has 6 heteroatoms. The van der Waals surface area contributed by atoms with Crippen LogP contribution in [0.3, 0.4) is 0 Å². The van der Waals surface area contributed by atoms with Crippen LogP contribution >= 0.6 is 0 Å². The van der Waals surface area contributed by atoms with Crippen LogP contribution in [-0.2, 0) is 0 Å². The zero-order valence-corrected chi connectivity index (χ0v) is 19.0. The Morgan fingerprint density at radius 1 is 1.09 bits per heavy atom. The summed E-state index contributed by atoms with van der Waals surface area (Å²) in [5.41, 5.74) is 6.36. The summed E-state index contributed by atoms with van der Waals surface area (Å²) in [7, 11) is 2.16. The molecule has 5 rings (SSSR count). The van der Waals surface area contributed by atoms with E-state index in [9.17, 15) is 5.26 Å². The van der Waals surface area contributed by atoms with Crippen molar-refractivity contribution in [2.45, 2.75) is 19.8 Å². The number of piperidine rings is 1. The molecule has 0 aliphatic carbocycles. The van der Waals surface area contributed by atoms with Crippen LogP contribution in [0.2, 0.25) is 0 Å². The highest BCUT2D eigenvalue weighted by atomic mass is 16.5. The molecule has 1 saturated heterocycles. The summed E-state index contributed by atoms with van der Waals surface area (Å²) in [6.07, 6.45) is 6.06. The first-order chi connectivity index (χ1) is 16.1. The number of imidazole rings is 1. The molecule has 2 aromatic heterocycles. The maximum absolute atomic E-state index is 9.23. The first kappa shape index (κ1) is 21.2. The van der Waals surface area contributed by atoms with Gasteiger partial charge in [-0.3, -0.25) is 4.40 Å². The first-order valence-electron chi connectivity index (χ1n) is 11.4. The molecule has 33 heavy (non-hydrogen) atoms. The molecule has 0 spiro atoms. The standard InChI is InChI=1S/C27H27N5O/c1-19-5-9-22(10-6-19)24-25(23-11-7-20(16-28)8-12-23)30-27(32-15-13-29-26(24)32)33-18-21-4-3-14-31(2)17-21/h5-13,15,21H,3-4,14,17-18H2,1-2H3/t21-/m1/s1. The topological polar surface area (TPSA) is 66.5 Å². The number of hydrogen-bond acceptors (Lipinski definition) is 5. The Hall–Kier alpha value is -3.69. The van der Waals surface area contributed by atoms with Gasteiger partial charge < -0.3 is 9.64 Å². The molecule has 1 atom stereocenters. The van der Waals surface area contributed by atoms with Gasteiger partial charge in [0.05, 0.1) is 29.5 Å². The minimum Gasteiger partial charge on any atom is -0.464 e. The zero-order chi connectivity index (χ0) is 22.8. The lowest BCUT2D eigenvalue weighted by atomic mass is 9.98. The van der Waals surface area contributed by atoms with Gasteiger partial charge in [0.25, 0.3) is 0 Å². The summed E-state index contributed by atoms with van der Waals surface area (Å²) in [5.74, 6) is 0.485. The smallest absolute Gasteiger partial charge is 0.302 e. The molecule has 1 aliphatic rings. The van der Waals surface area contributed by atoms with Crippen molar-refractivity contribution in [2.75, 3.05) is 26.7 Å². The lowest BCUT2D eigenvalue weighted by molar-refractivity contribution is 0.143. The van der Waals surface area contributed by atoms with Crippen LogP contribution in [-0.4, -0.2) is 46.0 Å². The predicted octanol–water partition coefficient (Wildman–Crippen LogP) is 4.96. The lowest BCUT2D eigenvalue weighted by Crippen LogP contribution is -2.35. The van der Waals surface area contributed by atoms with Gasteiger partial charge in [0.15, 0.2) is 5.65 Å². The SMILES string of the molecule is Cc1ccc(-c2c(-c3ccc(C#N)cc3)nc(OC[C@@H]3CCCN(C)C3)n3ccnc23)cc1. The molecule has 3 heterocycles. The molecule has 0 saturated carbocycles. The van der Waals surface area contributed by atoms with Crippen LogP contribution in [0, 0.1) is 24.2 Å². The van der Waals surface area contributed by atoms with Crippen molar-refractivity contribution in [1.29, 1.82) is 5.26 Å². The van der Waals surface area contributed by atoms with Crippen LogP contribution < -0.4 is 4.74 Å². The number of rotatable bonds is 5. The molecular formula is C27H27N5O. The van der Waals surface area contributed by atoms with E-state index in [1.807, 2.05) is 34.9 Å². The van der Waals surface area contributed by atoms with E-state index in [1.165, 1.54) is 18.4 Å². The Kier molecular flexibility index (Phi) is 5.80. The molecular weight excluding hydrogens is 410 g/mol. The first-order valence-corrected chi connectivity index (χ1v) is 11.4. The number of likely N-dealkylation sites (tertiary alicyclic amines) is 1. The highest BCUT2D eigenvalue weighted by molar-refractivity contribution is 5.90. The van der Waals surface area contributed by atoms with Gasteiger partial charge in [-0.1, -0.05) is 42.0 Å². The van der Waals surface area contributed by atoms with E-state index in [4.69, 9.17) is 9.72 Å². The quantitative estimate of drug-likeness (QED) is 0.441. The van der Waals surface area contributed by atoms with Crippen molar-refractivity contribution in [3.63, 3.8) is 0 Å². The fourth-order valence-corrected chi connectivity index (χ4v) is 4.56. The van der Waals surface area contributed by atoms with Gasteiger partial charge in [0.2, 0.25) is 0 Å². The van der Waals surface area contributed by atoms with Gasteiger partial charge in [0, 0.05) is 30.4 Å². The molecule has 1 aliphatic heterocycles.